The van der Waals surface area contributed by atoms with E-state index in [9.17, 15) is 4.79 Å². The minimum Gasteiger partial charge on any atom is -0.482 e. The van der Waals surface area contributed by atoms with Crippen molar-refractivity contribution in [2.24, 2.45) is 0 Å². The van der Waals surface area contributed by atoms with Gasteiger partial charge in [0.25, 0.3) is 0 Å². The number of aromatic nitrogens is 2. The van der Waals surface area contributed by atoms with Crippen molar-refractivity contribution < 1.29 is 14.6 Å². The molecule has 126 valence electrons. The number of benzene rings is 1. The summed E-state index contributed by atoms with van der Waals surface area (Å²) >= 11 is 0. The third-order valence-corrected chi connectivity index (χ3v) is 4.22. The number of likely N-dealkylation sites (tertiary alicyclic amines) is 1. The first-order chi connectivity index (χ1) is 11.7. The van der Waals surface area contributed by atoms with Crippen LogP contribution in [0.4, 0.5) is 0 Å². The first kappa shape index (κ1) is 16.4. The molecule has 0 bridgehead atoms. The Kier molecular flexibility index (Phi) is 5.38. The van der Waals surface area contributed by atoms with Gasteiger partial charge in [-0.2, -0.15) is 0 Å². The number of hydrogen-bond acceptors (Lipinski definition) is 5. The molecule has 1 aliphatic rings. The van der Waals surface area contributed by atoms with Crippen molar-refractivity contribution in [3.8, 4) is 5.75 Å². The smallest absolute Gasteiger partial charge is 0.341 e. The van der Waals surface area contributed by atoms with Crippen LogP contribution in [0.15, 0.2) is 42.9 Å². The topological polar surface area (TPSA) is 75.6 Å². The third kappa shape index (κ3) is 4.52. The van der Waals surface area contributed by atoms with Gasteiger partial charge in [0, 0.05) is 30.9 Å². The normalized spacial score (nSPS) is 18.2. The second-order valence-corrected chi connectivity index (χ2v) is 6.03. The average Bonchev–Trinajstić information content (AvgIpc) is 2.62. The molecular weight excluding hydrogens is 306 g/mol. The third-order valence-electron chi connectivity index (χ3n) is 4.22. The number of carboxylic acids is 1. The summed E-state index contributed by atoms with van der Waals surface area (Å²) in [7, 11) is 0. The van der Waals surface area contributed by atoms with Crippen LogP contribution >= 0.6 is 0 Å². The number of rotatable bonds is 6. The molecule has 3 rings (SSSR count). The Hall–Kier alpha value is -2.47. The Balaban J connectivity index is 1.56. The van der Waals surface area contributed by atoms with Gasteiger partial charge < -0.3 is 9.84 Å². The molecule has 1 aromatic heterocycles. The van der Waals surface area contributed by atoms with Crippen LogP contribution in [-0.2, 0) is 11.3 Å². The van der Waals surface area contributed by atoms with E-state index in [1.807, 2.05) is 30.3 Å². The zero-order valence-electron chi connectivity index (χ0n) is 13.5. The van der Waals surface area contributed by atoms with Gasteiger partial charge >= 0.3 is 5.97 Å². The molecule has 0 aliphatic carbocycles. The zero-order chi connectivity index (χ0) is 16.8. The molecule has 0 radical (unpaired) electrons. The molecule has 1 aliphatic heterocycles. The van der Waals surface area contributed by atoms with E-state index in [-0.39, 0.29) is 6.61 Å². The highest BCUT2D eigenvalue weighted by molar-refractivity contribution is 5.68. The highest BCUT2D eigenvalue weighted by Gasteiger charge is 2.22. The second-order valence-electron chi connectivity index (χ2n) is 6.03. The second kappa shape index (κ2) is 7.88. The summed E-state index contributed by atoms with van der Waals surface area (Å²) in [6.45, 7) is 2.64. The van der Waals surface area contributed by atoms with Crippen molar-refractivity contribution in [3.63, 3.8) is 0 Å². The van der Waals surface area contributed by atoms with E-state index in [2.05, 4.69) is 14.9 Å². The van der Waals surface area contributed by atoms with Gasteiger partial charge in [-0.1, -0.05) is 12.1 Å². The summed E-state index contributed by atoms with van der Waals surface area (Å²) in [5.41, 5.74) is 2.31. The maximum Gasteiger partial charge on any atom is 0.341 e. The lowest BCUT2D eigenvalue weighted by molar-refractivity contribution is -0.139. The van der Waals surface area contributed by atoms with Crippen LogP contribution in [0.25, 0.3) is 0 Å². The van der Waals surface area contributed by atoms with Gasteiger partial charge in [-0.25, -0.2) is 14.8 Å². The lowest BCUT2D eigenvalue weighted by Crippen LogP contribution is -2.34. The van der Waals surface area contributed by atoms with E-state index in [0.29, 0.717) is 11.7 Å². The fraction of sp³-hybridized carbons (Fsp3) is 0.389. The number of carboxylic acid groups (broad SMARTS) is 1. The number of carbonyl (C=O) groups is 1. The van der Waals surface area contributed by atoms with Crippen LogP contribution < -0.4 is 4.74 Å². The van der Waals surface area contributed by atoms with Crippen molar-refractivity contribution in [3.05, 3.63) is 54.1 Å². The zero-order valence-corrected chi connectivity index (χ0v) is 13.5. The van der Waals surface area contributed by atoms with Gasteiger partial charge in [-0.3, -0.25) is 4.90 Å². The molecule has 2 heterocycles. The molecule has 24 heavy (non-hydrogen) atoms. The molecular formula is C18H21N3O3. The standard InChI is InChI=1S/C18H21N3O3/c22-18(23)12-24-16-5-3-14(4-6-16)10-21-9-1-2-15(11-21)17-7-8-19-13-20-17/h3-8,13,15H,1-2,9-12H2,(H,22,23)/t15-/m1/s1. The quantitative estimate of drug-likeness (QED) is 0.877. The lowest BCUT2D eigenvalue weighted by Gasteiger charge is -2.32. The Morgan fingerprint density at radius 2 is 2.12 bits per heavy atom. The van der Waals surface area contributed by atoms with E-state index in [1.165, 1.54) is 5.56 Å². The van der Waals surface area contributed by atoms with E-state index >= 15 is 0 Å². The Bertz CT molecular complexity index is 661. The summed E-state index contributed by atoms with van der Waals surface area (Å²) < 4.78 is 5.16. The number of nitrogens with zero attached hydrogens (tertiary/aromatic N) is 3. The van der Waals surface area contributed by atoms with Gasteiger partial charge in [0.15, 0.2) is 6.61 Å². The summed E-state index contributed by atoms with van der Waals surface area (Å²) in [6, 6.07) is 9.63. The van der Waals surface area contributed by atoms with E-state index < -0.39 is 5.97 Å². The van der Waals surface area contributed by atoms with Crippen LogP contribution in [-0.4, -0.2) is 45.6 Å². The minimum atomic E-state index is -0.969. The van der Waals surface area contributed by atoms with Crippen molar-refractivity contribution >= 4 is 5.97 Å². The summed E-state index contributed by atoms with van der Waals surface area (Å²) in [4.78, 5) is 21.3. The molecule has 0 saturated carbocycles. The minimum absolute atomic E-state index is 0.313. The maximum absolute atomic E-state index is 10.5. The fourth-order valence-electron chi connectivity index (χ4n) is 3.08. The number of hydrogen-bond donors (Lipinski definition) is 1. The molecule has 0 amide bonds. The van der Waals surface area contributed by atoms with Gasteiger partial charge in [0.1, 0.15) is 12.1 Å². The number of aliphatic carboxylic acids is 1. The largest absolute Gasteiger partial charge is 0.482 e. The SMILES string of the molecule is O=C(O)COc1ccc(CN2CCC[C@@H](c3ccncn3)C2)cc1. The van der Waals surface area contributed by atoms with Crippen LogP contribution in [0.1, 0.15) is 30.0 Å². The monoisotopic (exact) mass is 327 g/mol. The first-order valence-electron chi connectivity index (χ1n) is 8.12. The molecule has 1 N–H and O–H groups in total. The van der Waals surface area contributed by atoms with Crippen LogP contribution in [0.2, 0.25) is 0 Å². The van der Waals surface area contributed by atoms with Crippen LogP contribution in [0, 0.1) is 0 Å². The van der Waals surface area contributed by atoms with Crippen LogP contribution in [0.5, 0.6) is 5.75 Å². The molecule has 1 fully saturated rings. The predicted octanol–water partition coefficient (Wildman–Crippen LogP) is 2.32. The highest BCUT2D eigenvalue weighted by Crippen LogP contribution is 2.26. The molecule has 1 saturated heterocycles. The summed E-state index contributed by atoms with van der Waals surface area (Å²) in [6.07, 6.45) is 5.74. The van der Waals surface area contributed by atoms with E-state index in [4.69, 9.17) is 9.84 Å². The van der Waals surface area contributed by atoms with E-state index in [1.54, 1.807) is 12.5 Å². The van der Waals surface area contributed by atoms with Gasteiger partial charge in [0.2, 0.25) is 0 Å². The first-order valence-corrected chi connectivity index (χ1v) is 8.12. The number of ether oxygens (including phenoxy) is 1. The predicted molar refractivity (Wildman–Crippen MR) is 88.9 cm³/mol. The van der Waals surface area contributed by atoms with Crippen LogP contribution in [0.3, 0.4) is 0 Å². The molecule has 1 atom stereocenters. The molecule has 1 aromatic carbocycles. The summed E-state index contributed by atoms with van der Waals surface area (Å²) in [5.74, 6) is 0.0711. The Morgan fingerprint density at radius 1 is 1.29 bits per heavy atom. The molecule has 0 unspecified atom stereocenters. The maximum atomic E-state index is 10.5. The Labute approximate surface area is 141 Å². The van der Waals surface area contributed by atoms with Crippen molar-refractivity contribution in [1.82, 2.24) is 14.9 Å². The molecule has 0 spiro atoms. The van der Waals surface area contributed by atoms with E-state index in [0.717, 1.165) is 38.2 Å². The lowest BCUT2D eigenvalue weighted by atomic mass is 9.94. The van der Waals surface area contributed by atoms with Crippen molar-refractivity contribution in [2.45, 2.75) is 25.3 Å². The van der Waals surface area contributed by atoms with Gasteiger partial charge in [-0.15, -0.1) is 0 Å². The van der Waals surface area contributed by atoms with Gasteiger partial charge in [-0.05, 0) is 43.1 Å². The average molecular weight is 327 g/mol. The van der Waals surface area contributed by atoms with Crippen molar-refractivity contribution in [2.75, 3.05) is 19.7 Å². The Morgan fingerprint density at radius 3 is 2.83 bits per heavy atom. The fourth-order valence-corrected chi connectivity index (χ4v) is 3.08. The number of piperidine rings is 1. The molecule has 6 nitrogen and oxygen atoms in total. The molecule has 2 aromatic rings. The highest BCUT2D eigenvalue weighted by atomic mass is 16.5. The van der Waals surface area contributed by atoms with Crippen molar-refractivity contribution in [1.29, 1.82) is 0 Å². The summed E-state index contributed by atoms with van der Waals surface area (Å²) in [5, 5.41) is 8.62. The van der Waals surface area contributed by atoms with Gasteiger partial charge in [0.05, 0.1) is 0 Å². The molecule has 6 heteroatoms.